The number of aromatic carboxylic acids is 1. The van der Waals surface area contributed by atoms with Crippen LogP contribution in [0.1, 0.15) is 17.4 Å². The van der Waals surface area contributed by atoms with Gasteiger partial charge >= 0.3 is 5.97 Å². The fourth-order valence-corrected chi connectivity index (χ4v) is 1.93. The topological polar surface area (TPSA) is 101 Å². The fourth-order valence-electron chi connectivity index (χ4n) is 1.93. The lowest BCUT2D eigenvalue weighted by molar-refractivity contribution is -0.116. The molecule has 0 aromatic carbocycles. The highest BCUT2D eigenvalue weighted by Crippen LogP contribution is 2.21. The summed E-state index contributed by atoms with van der Waals surface area (Å²) < 4.78 is 1.47. The monoisotopic (exact) mass is 262 g/mol. The van der Waals surface area contributed by atoms with Crippen molar-refractivity contribution in [3.05, 3.63) is 30.1 Å². The molecule has 2 aromatic heterocycles. The summed E-state index contributed by atoms with van der Waals surface area (Å²) in [7, 11) is 0. The standard InChI is InChI=1S/C12H14N4O3/c1-2-15(7-8(13)17)11-10(12(18)19)16-6-4-3-5-9(16)14-11/h3-6H,2,7H2,1H3,(H2,13,17)(H,18,19). The lowest BCUT2D eigenvalue weighted by atomic mass is 10.3. The van der Waals surface area contributed by atoms with Crippen LogP contribution in [0.25, 0.3) is 5.65 Å². The summed E-state index contributed by atoms with van der Waals surface area (Å²) in [6.07, 6.45) is 1.62. The number of carbonyl (C=O) groups excluding carboxylic acids is 1. The molecule has 0 fully saturated rings. The number of nitrogens with zero attached hydrogens (tertiary/aromatic N) is 3. The number of hydrogen-bond donors (Lipinski definition) is 2. The van der Waals surface area contributed by atoms with E-state index in [4.69, 9.17) is 5.73 Å². The number of carbonyl (C=O) groups is 2. The SMILES string of the molecule is CCN(CC(N)=O)c1nc2ccccn2c1C(=O)O. The summed E-state index contributed by atoms with van der Waals surface area (Å²) >= 11 is 0. The van der Waals surface area contributed by atoms with E-state index in [1.165, 1.54) is 4.40 Å². The van der Waals surface area contributed by atoms with Crippen molar-refractivity contribution in [2.75, 3.05) is 18.0 Å². The van der Waals surface area contributed by atoms with Crippen molar-refractivity contribution in [3.8, 4) is 0 Å². The van der Waals surface area contributed by atoms with Gasteiger partial charge in [0.1, 0.15) is 5.65 Å². The predicted molar refractivity (Wildman–Crippen MR) is 69.2 cm³/mol. The molecule has 0 radical (unpaired) electrons. The molecule has 2 aromatic rings. The predicted octanol–water partition coefficient (Wildman–Crippen LogP) is 0.344. The lowest BCUT2D eigenvalue weighted by Gasteiger charge is -2.18. The highest BCUT2D eigenvalue weighted by Gasteiger charge is 2.23. The number of likely N-dealkylation sites (N-methyl/N-ethyl adjacent to an activating group) is 1. The number of hydrogen-bond acceptors (Lipinski definition) is 4. The summed E-state index contributed by atoms with van der Waals surface area (Å²) in [6.45, 7) is 2.17. The zero-order valence-electron chi connectivity index (χ0n) is 10.4. The number of rotatable bonds is 5. The van der Waals surface area contributed by atoms with E-state index < -0.39 is 11.9 Å². The smallest absolute Gasteiger partial charge is 0.356 e. The van der Waals surface area contributed by atoms with Crippen molar-refractivity contribution in [2.24, 2.45) is 5.73 Å². The third-order valence-electron chi connectivity index (χ3n) is 2.74. The molecule has 0 atom stereocenters. The maximum absolute atomic E-state index is 11.4. The minimum absolute atomic E-state index is 0.0266. The Morgan fingerprint density at radius 2 is 2.21 bits per heavy atom. The Balaban J connectivity index is 2.60. The van der Waals surface area contributed by atoms with Crippen LogP contribution in [0.2, 0.25) is 0 Å². The number of amides is 1. The molecule has 7 heteroatoms. The number of pyridine rings is 1. The normalized spacial score (nSPS) is 10.6. The second-order valence-electron chi connectivity index (χ2n) is 4.00. The van der Waals surface area contributed by atoms with Gasteiger partial charge in [0.15, 0.2) is 11.5 Å². The van der Waals surface area contributed by atoms with Gasteiger partial charge in [0.2, 0.25) is 5.91 Å². The van der Waals surface area contributed by atoms with Gasteiger partial charge in [-0.2, -0.15) is 0 Å². The Kier molecular flexibility index (Phi) is 3.37. The quantitative estimate of drug-likeness (QED) is 0.809. The molecule has 0 saturated carbocycles. The van der Waals surface area contributed by atoms with Crippen LogP contribution in [-0.2, 0) is 4.79 Å². The second kappa shape index (κ2) is 4.97. The molecule has 1 amide bonds. The van der Waals surface area contributed by atoms with E-state index in [9.17, 15) is 14.7 Å². The number of primary amides is 1. The minimum Gasteiger partial charge on any atom is -0.476 e. The van der Waals surface area contributed by atoms with Crippen molar-refractivity contribution in [1.29, 1.82) is 0 Å². The van der Waals surface area contributed by atoms with Gasteiger partial charge < -0.3 is 15.7 Å². The summed E-state index contributed by atoms with van der Waals surface area (Å²) in [5, 5.41) is 9.33. The summed E-state index contributed by atoms with van der Waals surface area (Å²) in [4.78, 5) is 28.2. The molecule has 2 rings (SSSR count). The van der Waals surface area contributed by atoms with Crippen LogP contribution in [0.4, 0.5) is 5.82 Å². The van der Waals surface area contributed by atoms with Gasteiger partial charge in [0.05, 0.1) is 6.54 Å². The summed E-state index contributed by atoms with van der Waals surface area (Å²) in [5.74, 6) is -1.38. The first-order chi connectivity index (χ1) is 9.04. The number of carboxylic acids is 1. The first kappa shape index (κ1) is 12.9. The number of carboxylic acid groups (broad SMARTS) is 1. The largest absolute Gasteiger partial charge is 0.476 e. The maximum atomic E-state index is 11.4. The molecule has 0 spiro atoms. The van der Waals surface area contributed by atoms with Crippen molar-refractivity contribution in [3.63, 3.8) is 0 Å². The van der Waals surface area contributed by atoms with E-state index in [0.717, 1.165) is 0 Å². The molecule has 100 valence electrons. The van der Waals surface area contributed by atoms with Gasteiger partial charge in [0, 0.05) is 12.7 Å². The van der Waals surface area contributed by atoms with Crippen LogP contribution in [-0.4, -0.2) is 39.5 Å². The molecule has 3 N–H and O–H groups in total. The van der Waals surface area contributed by atoms with Crippen molar-refractivity contribution in [1.82, 2.24) is 9.38 Å². The summed E-state index contributed by atoms with van der Waals surface area (Å²) in [5.41, 5.74) is 5.70. The highest BCUT2D eigenvalue weighted by atomic mass is 16.4. The van der Waals surface area contributed by atoms with Gasteiger partial charge in [-0.25, -0.2) is 9.78 Å². The number of fused-ring (bicyclic) bond motifs is 1. The Morgan fingerprint density at radius 1 is 1.47 bits per heavy atom. The molecule has 0 bridgehead atoms. The first-order valence-corrected chi connectivity index (χ1v) is 5.78. The van der Waals surface area contributed by atoms with Gasteiger partial charge in [-0.05, 0) is 19.1 Å². The van der Waals surface area contributed by atoms with Crippen molar-refractivity contribution in [2.45, 2.75) is 6.92 Å². The van der Waals surface area contributed by atoms with E-state index in [-0.39, 0.29) is 18.1 Å². The first-order valence-electron chi connectivity index (χ1n) is 5.78. The van der Waals surface area contributed by atoms with Gasteiger partial charge in [-0.3, -0.25) is 9.20 Å². The number of anilines is 1. The van der Waals surface area contributed by atoms with Crippen molar-refractivity contribution >= 4 is 23.3 Å². The molecule has 0 unspecified atom stereocenters. The Bertz CT molecular complexity index is 635. The van der Waals surface area contributed by atoms with Gasteiger partial charge in [0.25, 0.3) is 0 Å². The molecule has 2 heterocycles. The van der Waals surface area contributed by atoms with Crippen LogP contribution in [0, 0.1) is 0 Å². The molecule has 0 aliphatic carbocycles. The molecule has 19 heavy (non-hydrogen) atoms. The number of nitrogens with two attached hydrogens (primary N) is 1. The highest BCUT2D eigenvalue weighted by molar-refractivity contribution is 5.94. The van der Waals surface area contributed by atoms with Crippen LogP contribution in [0.3, 0.4) is 0 Å². The molecule has 0 aliphatic rings. The van der Waals surface area contributed by atoms with E-state index in [1.54, 1.807) is 36.2 Å². The van der Waals surface area contributed by atoms with E-state index >= 15 is 0 Å². The van der Waals surface area contributed by atoms with Crippen LogP contribution in [0.15, 0.2) is 24.4 Å². The molecule has 0 aliphatic heterocycles. The second-order valence-corrected chi connectivity index (χ2v) is 4.00. The van der Waals surface area contributed by atoms with Crippen molar-refractivity contribution < 1.29 is 14.7 Å². The molecular formula is C12H14N4O3. The van der Waals surface area contributed by atoms with E-state index in [0.29, 0.717) is 12.2 Å². The average molecular weight is 262 g/mol. The summed E-state index contributed by atoms with van der Waals surface area (Å²) in [6, 6.07) is 5.19. The van der Waals surface area contributed by atoms with Crippen LogP contribution in [0.5, 0.6) is 0 Å². The third-order valence-corrected chi connectivity index (χ3v) is 2.74. The lowest BCUT2D eigenvalue weighted by Crippen LogP contribution is -2.34. The molecular weight excluding hydrogens is 248 g/mol. The van der Waals surface area contributed by atoms with E-state index in [2.05, 4.69) is 4.98 Å². The molecule has 0 saturated heterocycles. The zero-order valence-corrected chi connectivity index (χ0v) is 10.4. The zero-order chi connectivity index (χ0) is 14.0. The maximum Gasteiger partial charge on any atom is 0.356 e. The number of aromatic nitrogens is 2. The Morgan fingerprint density at radius 3 is 2.79 bits per heavy atom. The van der Waals surface area contributed by atoms with E-state index in [1.807, 2.05) is 0 Å². The Labute approximate surface area is 109 Å². The fraction of sp³-hybridized carbons (Fsp3) is 0.250. The van der Waals surface area contributed by atoms with Gasteiger partial charge in [-0.15, -0.1) is 0 Å². The minimum atomic E-state index is -1.10. The Hall–Kier alpha value is -2.57. The third kappa shape index (κ3) is 2.35. The van der Waals surface area contributed by atoms with Gasteiger partial charge in [-0.1, -0.05) is 6.07 Å². The van der Waals surface area contributed by atoms with Crippen LogP contribution < -0.4 is 10.6 Å². The molecule has 7 nitrogen and oxygen atoms in total. The van der Waals surface area contributed by atoms with Crippen LogP contribution >= 0.6 is 0 Å². The average Bonchev–Trinajstić information content (AvgIpc) is 2.74. The number of imidazole rings is 1.